The van der Waals surface area contributed by atoms with Gasteiger partial charge in [-0.15, -0.1) is 0 Å². The Labute approximate surface area is 117 Å². The van der Waals surface area contributed by atoms with E-state index < -0.39 is 0 Å². The Kier molecular flexibility index (Phi) is 3.50. The zero-order chi connectivity index (χ0) is 13.9. The highest BCUT2D eigenvalue weighted by molar-refractivity contribution is 5.81. The molecule has 1 N–H and O–H groups in total. The minimum atomic E-state index is -0.269. The molecular weight excluding hydrogens is 253 g/mol. The van der Waals surface area contributed by atoms with Crippen LogP contribution in [0.25, 0.3) is 0 Å². The van der Waals surface area contributed by atoms with Gasteiger partial charge in [-0.25, -0.2) is 4.39 Å². The SMILES string of the molecule is O=C(NC(c1ccccc1)c1ccc(F)cc1)C1CC1. The largest absolute Gasteiger partial charge is 0.345 e. The smallest absolute Gasteiger partial charge is 0.223 e. The number of nitrogens with one attached hydrogen (secondary N) is 1. The van der Waals surface area contributed by atoms with Crippen LogP contribution >= 0.6 is 0 Å². The first kappa shape index (κ1) is 12.9. The molecule has 1 saturated carbocycles. The molecule has 0 heterocycles. The van der Waals surface area contributed by atoms with Crippen LogP contribution in [-0.4, -0.2) is 5.91 Å². The van der Waals surface area contributed by atoms with Crippen molar-refractivity contribution >= 4 is 5.91 Å². The van der Waals surface area contributed by atoms with Crippen LogP contribution in [-0.2, 0) is 4.79 Å². The third-order valence-corrected chi connectivity index (χ3v) is 3.57. The van der Waals surface area contributed by atoms with Crippen molar-refractivity contribution < 1.29 is 9.18 Å². The van der Waals surface area contributed by atoms with Gasteiger partial charge in [0.1, 0.15) is 5.82 Å². The maximum Gasteiger partial charge on any atom is 0.223 e. The van der Waals surface area contributed by atoms with E-state index in [4.69, 9.17) is 0 Å². The highest BCUT2D eigenvalue weighted by Gasteiger charge is 2.31. The molecule has 2 aromatic rings. The number of hydrogen-bond acceptors (Lipinski definition) is 1. The fourth-order valence-corrected chi connectivity index (χ4v) is 2.27. The average Bonchev–Trinajstić information content (AvgIpc) is 3.31. The van der Waals surface area contributed by atoms with Gasteiger partial charge in [0, 0.05) is 5.92 Å². The molecule has 20 heavy (non-hydrogen) atoms. The molecule has 1 fully saturated rings. The molecule has 0 bridgehead atoms. The molecule has 1 amide bonds. The molecule has 2 aromatic carbocycles. The molecule has 102 valence electrons. The number of amides is 1. The molecule has 0 saturated heterocycles. The number of halogens is 1. The van der Waals surface area contributed by atoms with Crippen LogP contribution in [0.3, 0.4) is 0 Å². The lowest BCUT2D eigenvalue weighted by Crippen LogP contribution is -2.30. The Morgan fingerprint density at radius 2 is 1.60 bits per heavy atom. The van der Waals surface area contributed by atoms with E-state index in [9.17, 15) is 9.18 Å². The number of carbonyl (C=O) groups is 1. The van der Waals surface area contributed by atoms with Crippen molar-refractivity contribution in [1.29, 1.82) is 0 Å². The summed E-state index contributed by atoms with van der Waals surface area (Å²) in [6.45, 7) is 0. The van der Waals surface area contributed by atoms with Crippen LogP contribution in [0.5, 0.6) is 0 Å². The van der Waals surface area contributed by atoms with Gasteiger partial charge in [-0.05, 0) is 36.1 Å². The molecule has 1 aliphatic rings. The van der Waals surface area contributed by atoms with Crippen molar-refractivity contribution in [3.05, 3.63) is 71.5 Å². The summed E-state index contributed by atoms with van der Waals surface area (Å²) in [6, 6.07) is 15.8. The fraction of sp³-hybridized carbons (Fsp3) is 0.235. The summed E-state index contributed by atoms with van der Waals surface area (Å²) in [6.07, 6.45) is 1.94. The zero-order valence-corrected chi connectivity index (χ0v) is 11.1. The molecule has 1 unspecified atom stereocenters. The minimum absolute atomic E-state index is 0.0863. The first-order valence-corrected chi connectivity index (χ1v) is 6.85. The van der Waals surface area contributed by atoms with E-state index in [1.807, 2.05) is 30.3 Å². The van der Waals surface area contributed by atoms with Gasteiger partial charge < -0.3 is 5.32 Å². The number of benzene rings is 2. The molecule has 0 spiro atoms. The van der Waals surface area contributed by atoms with Gasteiger partial charge in [0.25, 0.3) is 0 Å². The van der Waals surface area contributed by atoms with E-state index in [-0.39, 0.29) is 23.7 Å². The van der Waals surface area contributed by atoms with Gasteiger partial charge in [-0.3, -0.25) is 4.79 Å². The van der Waals surface area contributed by atoms with Gasteiger partial charge in [-0.2, -0.15) is 0 Å². The van der Waals surface area contributed by atoms with Gasteiger partial charge in [-0.1, -0.05) is 42.5 Å². The number of rotatable bonds is 4. The van der Waals surface area contributed by atoms with Crippen LogP contribution in [0, 0.1) is 11.7 Å². The molecule has 1 aliphatic carbocycles. The number of carbonyl (C=O) groups excluding carboxylic acids is 1. The van der Waals surface area contributed by atoms with Crippen LogP contribution in [0.1, 0.15) is 30.0 Å². The van der Waals surface area contributed by atoms with E-state index in [2.05, 4.69) is 5.32 Å². The second kappa shape index (κ2) is 5.45. The Morgan fingerprint density at radius 1 is 1.00 bits per heavy atom. The van der Waals surface area contributed by atoms with E-state index in [1.165, 1.54) is 12.1 Å². The minimum Gasteiger partial charge on any atom is -0.345 e. The molecule has 3 heteroatoms. The second-order valence-corrected chi connectivity index (χ2v) is 5.18. The van der Waals surface area contributed by atoms with Crippen LogP contribution in [0.4, 0.5) is 4.39 Å². The Bertz CT molecular complexity index is 590. The summed E-state index contributed by atoms with van der Waals surface area (Å²) in [5.74, 6) is -0.0288. The van der Waals surface area contributed by atoms with E-state index in [0.29, 0.717) is 0 Å². The van der Waals surface area contributed by atoms with Crippen molar-refractivity contribution in [3.63, 3.8) is 0 Å². The van der Waals surface area contributed by atoms with Crippen molar-refractivity contribution in [3.8, 4) is 0 Å². The van der Waals surface area contributed by atoms with Crippen LogP contribution in [0.2, 0.25) is 0 Å². The Hall–Kier alpha value is -2.16. The molecule has 3 rings (SSSR count). The normalized spacial score (nSPS) is 15.7. The van der Waals surface area contributed by atoms with E-state index >= 15 is 0 Å². The quantitative estimate of drug-likeness (QED) is 0.905. The predicted molar refractivity (Wildman–Crippen MR) is 75.6 cm³/mol. The first-order chi connectivity index (χ1) is 9.74. The molecule has 2 nitrogen and oxygen atoms in total. The Morgan fingerprint density at radius 3 is 2.20 bits per heavy atom. The zero-order valence-electron chi connectivity index (χ0n) is 11.1. The topological polar surface area (TPSA) is 29.1 Å². The van der Waals surface area contributed by atoms with Gasteiger partial charge in [0.15, 0.2) is 0 Å². The molecule has 0 aromatic heterocycles. The van der Waals surface area contributed by atoms with Crippen molar-refractivity contribution in [2.75, 3.05) is 0 Å². The predicted octanol–water partition coefficient (Wildman–Crippen LogP) is 3.44. The summed E-state index contributed by atoms with van der Waals surface area (Å²) in [5.41, 5.74) is 1.90. The fourth-order valence-electron chi connectivity index (χ4n) is 2.27. The van der Waals surface area contributed by atoms with Crippen molar-refractivity contribution in [2.24, 2.45) is 5.92 Å². The van der Waals surface area contributed by atoms with Gasteiger partial charge in [0.05, 0.1) is 6.04 Å². The van der Waals surface area contributed by atoms with Crippen LogP contribution in [0.15, 0.2) is 54.6 Å². The summed E-state index contributed by atoms with van der Waals surface area (Å²) in [4.78, 5) is 12.0. The summed E-state index contributed by atoms with van der Waals surface area (Å²) < 4.78 is 13.1. The summed E-state index contributed by atoms with van der Waals surface area (Å²) in [7, 11) is 0. The van der Waals surface area contributed by atoms with Gasteiger partial charge in [0.2, 0.25) is 5.91 Å². The summed E-state index contributed by atoms with van der Waals surface area (Å²) >= 11 is 0. The summed E-state index contributed by atoms with van der Waals surface area (Å²) in [5, 5.41) is 3.07. The van der Waals surface area contributed by atoms with E-state index in [0.717, 1.165) is 24.0 Å². The monoisotopic (exact) mass is 269 g/mol. The molecular formula is C17H16FNO. The highest BCUT2D eigenvalue weighted by Crippen LogP contribution is 2.31. The second-order valence-electron chi connectivity index (χ2n) is 5.18. The molecule has 0 aliphatic heterocycles. The molecule has 1 atom stereocenters. The highest BCUT2D eigenvalue weighted by atomic mass is 19.1. The van der Waals surface area contributed by atoms with Crippen molar-refractivity contribution in [2.45, 2.75) is 18.9 Å². The lowest BCUT2D eigenvalue weighted by atomic mass is 9.98. The Balaban J connectivity index is 1.90. The molecule has 0 radical (unpaired) electrons. The maximum absolute atomic E-state index is 13.1. The van der Waals surface area contributed by atoms with E-state index in [1.54, 1.807) is 12.1 Å². The lowest BCUT2D eigenvalue weighted by molar-refractivity contribution is -0.122. The first-order valence-electron chi connectivity index (χ1n) is 6.85. The lowest BCUT2D eigenvalue weighted by Gasteiger charge is -2.20. The average molecular weight is 269 g/mol. The maximum atomic E-state index is 13.1. The third kappa shape index (κ3) is 2.87. The van der Waals surface area contributed by atoms with Gasteiger partial charge >= 0.3 is 0 Å². The standard InChI is InChI=1S/C17H16FNO/c18-15-10-8-13(9-11-15)16(12-4-2-1-3-5-12)19-17(20)14-6-7-14/h1-5,8-11,14,16H,6-7H2,(H,19,20). The van der Waals surface area contributed by atoms with Crippen LogP contribution < -0.4 is 5.32 Å². The number of hydrogen-bond donors (Lipinski definition) is 1. The third-order valence-electron chi connectivity index (χ3n) is 3.57. The van der Waals surface area contributed by atoms with Crippen molar-refractivity contribution in [1.82, 2.24) is 5.32 Å².